The van der Waals surface area contributed by atoms with Crippen LogP contribution in [-0.4, -0.2) is 0 Å². The van der Waals surface area contributed by atoms with Gasteiger partial charge < -0.3 is 0 Å². The zero-order chi connectivity index (χ0) is 27.9. The molecule has 0 aromatic heterocycles. The van der Waals surface area contributed by atoms with Crippen molar-refractivity contribution < 1.29 is 0 Å². The third-order valence-corrected chi connectivity index (χ3v) is 6.21. The summed E-state index contributed by atoms with van der Waals surface area (Å²) >= 11 is 0. The van der Waals surface area contributed by atoms with Crippen LogP contribution in [0.1, 0.15) is 109 Å². The topological polar surface area (TPSA) is 0 Å². The van der Waals surface area contributed by atoms with Crippen LogP contribution in [0, 0.1) is 24.7 Å². The van der Waals surface area contributed by atoms with Gasteiger partial charge in [-0.1, -0.05) is 124 Å². The molecule has 0 spiro atoms. The van der Waals surface area contributed by atoms with Crippen molar-refractivity contribution in [1.82, 2.24) is 0 Å². The molecule has 0 nitrogen and oxygen atoms in total. The lowest BCUT2D eigenvalue weighted by atomic mass is 9.91. The standard InChI is InChI=1S/C23H26.C10H18.C2H6.C2H4/c1-18-11-14-22(15-12-18)23-9-5-8-20(17-23)6-3-4-7-21-13-10-19(2)16-21;1-4-5-6-7-8-9-10(2)3;2*1-2/h8,11-12,14-15,17,21H,2-3,5-6,9-10,13,16H2,1H3;8-9H,2,4-7H2,1,3H3;1-2H3;1-2H2/b;9-8+;;. The molecule has 1 atom stereocenters. The van der Waals surface area contributed by atoms with Crippen LogP contribution >= 0.6 is 0 Å². The van der Waals surface area contributed by atoms with Crippen molar-refractivity contribution in [3.05, 3.63) is 103 Å². The van der Waals surface area contributed by atoms with Crippen LogP contribution in [0.3, 0.4) is 0 Å². The Balaban J connectivity index is 0.000000783. The fourth-order valence-electron chi connectivity index (χ4n) is 4.21. The number of allylic oxidation sites excluding steroid dienone is 8. The average Bonchev–Trinajstić information content (AvgIpc) is 3.34. The highest BCUT2D eigenvalue weighted by Crippen LogP contribution is 2.29. The van der Waals surface area contributed by atoms with E-state index in [0.29, 0.717) is 5.92 Å². The first-order valence-electron chi connectivity index (χ1n) is 14.4. The maximum absolute atomic E-state index is 4.06. The summed E-state index contributed by atoms with van der Waals surface area (Å²) in [6.45, 7) is 24.2. The maximum atomic E-state index is 4.06. The molecular weight excluding hydrogens is 444 g/mol. The molecule has 1 saturated carbocycles. The van der Waals surface area contributed by atoms with Crippen molar-refractivity contribution in [3.8, 4) is 11.8 Å². The Morgan fingerprint density at radius 1 is 1.08 bits per heavy atom. The summed E-state index contributed by atoms with van der Waals surface area (Å²) in [4.78, 5) is 0. The summed E-state index contributed by atoms with van der Waals surface area (Å²) in [6.07, 6.45) is 22.1. The van der Waals surface area contributed by atoms with Crippen molar-refractivity contribution in [2.24, 2.45) is 5.92 Å². The van der Waals surface area contributed by atoms with Gasteiger partial charge in [-0.25, -0.2) is 0 Å². The highest BCUT2D eigenvalue weighted by molar-refractivity contribution is 5.69. The van der Waals surface area contributed by atoms with Gasteiger partial charge in [-0.15, -0.1) is 19.1 Å². The van der Waals surface area contributed by atoms with Gasteiger partial charge in [0.15, 0.2) is 0 Å². The van der Waals surface area contributed by atoms with Crippen LogP contribution in [0.25, 0.3) is 5.57 Å². The van der Waals surface area contributed by atoms with Gasteiger partial charge in [0.1, 0.15) is 0 Å². The van der Waals surface area contributed by atoms with Gasteiger partial charge in [0.2, 0.25) is 0 Å². The summed E-state index contributed by atoms with van der Waals surface area (Å²) in [5.74, 6) is 7.41. The largest absolute Gasteiger partial charge is 0.106 e. The minimum Gasteiger partial charge on any atom is -0.106 e. The van der Waals surface area contributed by atoms with Crippen molar-refractivity contribution in [3.63, 3.8) is 0 Å². The summed E-state index contributed by atoms with van der Waals surface area (Å²) in [5.41, 5.74) is 8.16. The van der Waals surface area contributed by atoms with Gasteiger partial charge in [-0.05, 0) is 76.4 Å². The lowest BCUT2D eigenvalue weighted by molar-refractivity contribution is 0.718. The molecule has 0 radical (unpaired) electrons. The number of rotatable bonds is 8. The Morgan fingerprint density at radius 3 is 2.38 bits per heavy atom. The Bertz CT molecular complexity index is 920. The summed E-state index contributed by atoms with van der Waals surface area (Å²) in [7, 11) is 0. The van der Waals surface area contributed by atoms with Crippen LogP contribution in [0.15, 0.2) is 91.6 Å². The molecular formula is C37H54. The second-order valence-electron chi connectivity index (χ2n) is 9.61. The van der Waals surface area contributed by atoms with E-state index in [1.165, 1.54) is 66.4 Å². The van der Waals surface area contributed by atoms with Gasteiger partial charge in [0.05, 0.1) is 0 Å². The molecule has 1 fully saturated rings. The summed E-state index contributed by atoms with van der Waals surface area (Å²) in [5, 5.41) is 0. The molecule has 0 aliphatic heterocycles. The van der Waals surface area contributed by atoms with Gasteiger partial charge in [-0.3, -0.25) is 0 Å². The third kappa shape index (κ3) is 16.6. The van der Waals surface area contributed by atoms with E-state index in [1.807, 2.05) is 20.8 Å². The quantitative estimate of drug-likeness (QED) is 0.145. The molecule has 0 heteroatoms. The molecule has 2 aliphatic rings. The first-order valence-corrected chi connectivity index (χ1v) is 14.4. The Kier molecular flexibility index (Phi) is 20.7. The van der Waals surface area contributed by atoms with Gasteiger partial charge in [0.25, 0.3) is 0 Å². The van der Waals surface area contributed by atoms with E-state index in [9.17, 15) is 0 Å². The Labute approximate surface area is 231 Å². The van der Waals surface area contributed by atoms with E-state index < -0.39 is 0 Å². The molecule has 1 unspecified atom stereocenters. The highest BCUT2D eigenvalue weighted by Gasteiger charge is 2.15. The second kappa shape index (κ2) is 22.4. The van der Waals surface area contributed by atoms with Gasteiger partial charge in [-0.2, -0.15) is 0 Å². The van der Waals surface area contributed by atoms with Crippen molar-refractivity contribution in [2.75, 3.05) is 0 Å². The molecule has 2 aliphatic carbocycles. The zero-order valence-electron chi connectivity index (χ0n) is 24.8. The van der Waals surface area contributed by atoms with Crippen molar-refractivity contribution >= 4 is 5.57 Å². The van der Waals surface area contributed by atoms with Crippen LogP contribution in [0.2, 0.25) is 0 Å². The minimum atomic E-state index is 0.571. The monoisotopic (exact) mass is 498 g/mol. The highest BCUT2D eigenvalue weighted by atomic mass is 14.2. The predicted molar refractivity (Wildman–Crippen MR) is 171 cm³/mol. The zero-order valence-corrected chi connectivity index (χ0v) is 24.8. The van der Waals surface area contributed by atoms with Crippen LogP contribution < -0.4 is 0 Å². The van der Waals surface area contributed by atoms with Crippen LogP contribution in [-0.2, 0) is 0 Å². The van der Waals surface area contributed by atoms with E-state index in [4.69, 9.17) is 0 Å². The fraction of sp³-hybridized carbons (Fsp3) is 0.459. The lowest BCUT2D eigenvalue weighted by Gasteiger charge is -2.14. The number of hydrogen-bond acceptors (Lipinski definition) is 0. The van der Waals surface area contributed by atoms with E-state index in [-0.39, 0.29) is 0 Å². The van der Waals surface area contributed by atoms with E-state index in [2.05, 4.69) is 101 Å². The smallest absolute Gasteiger partial charge is 0.0242 e. The lowest BCUT2D eigenvalue weighted by Crippen LogP contribution is -1.93. The number of hydrogen-bond donors (Lipinski definition) is 0. The number of unbranched alkanes of at least 4 members (excludes halogenated alkanes) is 3. The molecule has 202 valence electrons. The van der Waals surface area contributed by atoms with E-state index in [0.717, 1.165) is 37.7 Å². The average molecular weight is 499 g/mol. The summed E-state index contributed by atoms with van der Waals surface area (Å²) < 4.78 is 0. The first-order chi connectivity index (χ1) is 18.0. The fourth-order valence-corrected chi connectivity index (χ4v) is 4.21. The van der Waals surface area contributed by atoms with Crippen molar-refractivity contribution in [1.29, 1.82) is 0 Å². The Morgan fingerprint density at radius 2 is 1.78 bits per heavy atom. The second-order valence-corrected chi connectivity index (χ2v) is 9.61. The predicted octanol–water partition coefficient (Wildman–Crippen LogP) is 11.8. The molecule has 37 heavy (non-hydrogen) atoms. The van der Waals surface area contributed by atoms with Gasteiger partial charge in [0, 0.05) is 12.3 Å². The van der Waals surface area contributed by atoms with Gasteiger partial charge >= 0.3 is 0 Å². The first kappa shape index (κ1) is 34.2. The third-order valence-electron chi connectivity index (χ3n) is 6.21. The molecule has 0 amide bonds. The van der Waals surface area contributed by atoms with Crippen LogP contribution in [0.4, 0.5) is 0 Å². The SMILES string of the molecule is C=C.C=C(C)/C=C/CCCCC.C=C1CCC(C#CCCC2=CCCC(c3ccc(C)cc3)=C2)C1.CC. The van der Waals surface area contributed by atoms with Crippen molar-refractivity contribution in [2.45, 2.75) is 105 Å². The Hall–Kier alpha value is -2.78. The summed E-state index contributed by atoms with van der Waals surface area (Å²) in [6, 6.07) is 8.90. The normalized spacial score (nSPS) is 15.9. The maximum Gasteiger partial charge on any atom is 0.0242 e. The molecule has 0 N–H and O–H groups in total. The molecule has 3 rings (SSSR count). The van der Waals surface area contributed by atoms with Crippen LogP contribution in [0.5, 0.6) is 0 Å². The van der Waals surface area contributed by atoms with E-state index in [1.54, 1.807) is 0 Å². The van der Waals surface area contributed by atoms with E-state index >= 15 is 0 Å². The molecule has 0 bridgehead atoms. The number of aryl methyl sites for hydroxylation is 1. The molecule has 1 aromatic carbocycles. The number of benzene rings is 1. The molecule has 0 saturated heterocycles. The molecule has 0 heterocycles. The minimum absolute atomic E-state index is 0.571. The molecule has 1 aromatic rings.